The number of carboxylic acid groups (broad SMARTS) is 1. The maximum absolute atomic E-state index is 13.2. The van der Waals surface area contributed by atoms with Gasteiger partial charge in [-0.15, -0.1) is 0 Å². The fourth-order valence-electron chi connectivity index (χ4n) is 4.95. The van der Waals surface area contributed by atoms with Gasteiger partial charge < -0.3 is 20.5 Å². The Bertz CT molecular complexity index is 1440. The van der Waals surface area contributed by atoms with Crippen molar-refractivity contribution in [3.8, 4) is 11.1 Å². The molecule has 3 N–H and O–H groups in total. The summed E-state index contributed by atoms with van der Waals surface area (Å²) >= 11 is 0. The first kappa shape index (κ1) is 25.7. The lowest BCUT2D eigenvalue weighted by Crippen LogP contribution is -2.45. The van der Waals surface area contributed by atoms with E-state index in [1.807, 2.05) is 54.6 Å². The van der Waals surface area contributed by atoms with Gasteiger partial charge in [-0.1, -0.05) is 91.0 Å². The Morgan fingerprint density at radius 1 is 0.744 bits per heavy atom. The average molecular weight is 521 g/mol. The summed E-state index contributed by atoms with van der Waals surface area (Å²) in [4.78, 5) is 37.1. The molecule has 1 unspecified atom stereocenters. The van der Waals surface area contributed by atoms with E-state index in [0.717, 1.165) is 27.8 Å². The molecule has 1 atom stereocenters. The average Bonchev–Trinajstić information content (AvgIpc) is 3.26. The fourth-order valence-corrected chi connectivity index (χ4v) is 4.95. The molecule has 196 valence electrons. The zero-order valence-corrected chi connectivity index (χ0v) is 21.2. The van der Waals surface area contributed by atoms with Crippen LogP contribution in [0.15, 0.2) is 103 Å². The molecule has 39 heavy (non-hydrogen) atoms. The van der Waals surface area contributed by atoms with E-state index < -0.39 is 24.0 Å². The number of carbonyl (C=O) groups is 3. The van der Waals surface area contributed by atoms with Gasteiger partial charge in [-0.2, -0.15) is 0 Å². The molecule has 0 radical (unpaired) electrons. The number of carboxylic acids is 1. The van der Waals surface area contributed by atoms with Crippen molar-refractivity contribution in [2.75, 3.05) is 11.9 Å². The van der Waals surface area contributed by atoms with Crippen LogP contribution in [0.1, 0.15) is 28.2 Å². The summed E-state index contributed by atoms with van der Waals surface area (Å²) in [6.45, 7) is 0.143. The summed E-state index contributed by atoms with van der Waals surface area (Å²) < 4.78 is 5.68. The summed E-state index contributed by atoms with van der Waals surface area (Å²) in [5, 5.41) is 14.5. The minimum Gasteiger partial charge on any atom is -0.481 e. The number of aliphatic carboxylic acids is 1. The Hall–Kier alpha value is -4.91. The molecule has 4 aromatic rings. The lowest BCUT2D eigenvalue weighted by molar-refractivity contribution is -0.136. The zero-order chi connectivity index (χ0) is 27.2. The topological polar surface area (TPSA) is 105 Å². The van der Waals surface area contributed by atoms with Crippen LogP contribution in [-0.2, 0) is 27.2 Å². The molecule has 0 saturated heterocycles. The molecule has 5 rings (SSSR count). The first-order valence-electron chi connectivity index (χ1n) is 12.7. The maximum Gasteiger partial charge on any atom is 0.407 e. The second-order valence-corrected chi connectivity index (χ2v) is 9.47. The van der Waals surface area contributed by atoms with Gasteiger partial charge in [0.05, 0.1) is 6.42 Å². The molecular weight excluding hydrogens is 492 g/mol. The highest BCUT2D eigenvalue weighted by Crippen LogP contribution is 2.44. The number of anilines is 1. The monoisotopic (exact) mass is 520 g/mol. The van der Waals surface area contributed by atoms with E-state index in [1.165, 1.54) is 0 Å². The Balaban J connectivity index is 1.27. The molecule has 0 bridgehead atoms. The smallest absolute Gasteiger partial charge is 0.407 e. The molecule has 0 aliphatic heterocycles. The van der Waals surface area contributed by atoms with Crippen LogP contribution in [-0.4, -0.2) is 35.7 Å². The van der Waals surface area contributed by atoms with E-state index >= 15 is 0 Å². The van der Waals surface area contributed by atoms with Crippen LogP contribution in [0.4, 0.5) is 10.5 Å². The Kier molecular flexibility index (Phi) is 7.68. The van der Waals surface area contributed by atoms with Gasteiger partial charge in [0.25, 0.3) is 0 Å². The van der Waals surface area contributed by atoms with Crippen molar-refractivity contribution in [3.05, 3.63) is 125 Å². The first-order valence-corrected chi connectivity index (χ1v) is 12.7. The van der Waals surface area contributed by atoms with Gasteiger partial charge in [-0.25, -0.2) is 4.79 Å². The number of benzene rings is 4. The SMILES string of the molecule is O=C(O)Cc1ccc(NC(=O)C(Cc2ccccc2)NC(=O)OCC2c3ccccc3-c3ccccc32)cc1. The second kappa shape index (κ2) is 11.6. The molecule has 2 amide bonds. The van der Waals surface area contributed by atoms with Gasteiger partial charge >= 0.3 is 12.1 Å². The summed E-state index contributed by atoms with van der Waals surface area (Å²) in [5.41, 5.74) is 6.50. The maximum atomic E-state index is 13.2. The summed E-state index contributed by atoms with van der Waals surface area (Å²) in [6.07, 6.45) is -0.507. The molecule has 7 nitrogen and oxygen atoms in total. The third-order valence-electron chi connectivity index (χ3n) is 6.81. The summed E-state index contributed by atoms with van der Waals surface area (Å²) in [5.74, 6) is -1.42. The number of carbonyl (C=O) groups excluding carboxylic acids is 2. The first-order chi connectivity index (χ1) is 19.0. The number of amides is 2. The zero-order valence-electron chi connectivity index (χ0n) is 21.2. The molecule has 0 saturated carbocycles. The fraction of sp³-hybridized carbons (Fsp3) is 0.156. The van der Waals surface area contributed by atoms with Crippen molar-refractivity contribution >= 4 is 23.7 Å². The second-order valence-electron chi connectivity index (χ2n) is 9.47. The highest BCUT2D eigenvalue weighted by atomic mass is 16.5. The van der Waals surface area contributed by atoms with E-state index in [0.29, 0.717) is 11.3 Å². The predicted molar refractivity (Wildman–Crippen MR) is 149 cm³/mol. The van der Waals surface area contributed by atoms with E-state index in [9.17, 15) is 14.4 Å². The van der Waals surface area contributed by atoms with Gasteiger partial charge in [0.2, 0.25) is 5.91 Å². The number of nitrogens with one attached hydrogen (secondary N) is 2. The van der Waals surface area contributed by atoms with Crippen LogP contribution >= 0.6 is 0 Å². The third-order valence-corrected chi connectivity index (χ3v) is 6.81. The molecule has 0 spiro atoms. The minimum atomic E-state index is -0.929. The van der Waals surface area contributed by atoms with Crippen molar-refractivity contribution in [1.82, 2.24) is 5.32 Å². The molecule has 1 aliphatic carbocycles. The summed E-state index contributed by atoms with van der Waals surface area (Å²) in [7, 11) is 0. The van der Waals surface area contributed by atoms with E-state index in [1.54, 1.807) is 24.3 Å². The number of hydrogen-bond donors (Lipinski definition) is 3. The van der Waals surface area contributed by atoms with E-state index in [2.05, 4.69) is 34.9 Å². The lowest BCUT2D eigenvalue weighted by Gasteiger charge is -2.20. The van der Waals surface area contributed by atoms with Gasteiger partial charge in [-0.05, 0) is 45.5 Å². The largest absolute Gasteiger partial charge is 0.481 e. The Morgan fingerprint density at radius 3 is 1.95 bits per heavy atom. The van der Waals surface area contributed by atoms with Gasteiger partial charge in [0.1, 0.15) is 12.6 Å². The van der Waals surface area contributed by atoms with Gasteiger partial charge in [-0.3, -0.25) is 9.59 Å². The van der Waals surface area contributed by atoms with Crippen molar-refractivity contribution in [1.29, 1.82) is 0 Å². The molecule has 0 heterocycles. The minimum absolute atomic E-state index is 0.0890. The van der Waals surface area contributed by atoms with Crippen LogP contribution in [0.3, 0.4) is 0 Å². The highest BCUT2D eigenvalue weighted by molar-refractivity contribution is 5.96. The number of alkyl carbamates (subject to hydrolysis) is 1. The summed E-state index contributed by atoms with van der Waals surface area (Å²) in [6, 6.07) is 31.3. The van der Waals surface area contributed by atoms with Crippen molar-refractivity contribution in [2.24, 2.45) is 0 Å². The van der Waals surface area contributed by atoms with Crippen LogP contribution < -0.4 is 10.6 Å². The van der Waals surface area contributed by atoms with Crippen LogP contribution in [0, 0.1) is 0 Å². The lowest BCUT2D eigenvalue weighted by atomic mass is 9.98. The predicted octanol–water partition coefficient (Wildman–Crippen LogP) is 5.40. The molecule has 7 heteroatoms. The van der Waals surface area contributed by atoms with Crippen LogP contribution in [0.2, 0.25) is 0 Å². The van der Waals surface area contributed by atoms with Crippen molar-refractivity contribution < 1.29 is 24.2 Å². The normalized spacial score (nSPS) is 12.6. The number of rotatable bonds is 9. The molecule has 0 aromatic heterocycles. The van der Waals surface area contributed by atoms with Gasteiger partial charge in [0.15, 0.2) is 0 Å². The van der Waals surface area contributed by atoms with Crippen LogP contribution in [0.5, 0.6) is 0 Å². The van der Waals surface area contributed by atoms with Crippen molar-refractivity contribution in [3.63, 3.8) is 0 Å². The number of fused-ring (bicyclic) bond motifs is 3. The van der Waals surface area contributed by atoms with Gasteiger partial charge in [0, 0.05) is 18.0 Å². The third kappa shape index (κ3) is 6.15. The Morgan fingerprint density at radius 2 is 1.33 bits per heavy atom. The van der Waals surface area contributed by atoms with E-state index in [-0.39, 0.29) is 25.4 Å². The molecule has 1 aliphatic rings. The standard InChI is InChI=1S/C32H28N2O5/c35-30(36)19-22-14-16-23(17-15-22)33-31(37)29(18-21-8-2-1-3-9-21)34-32(38)39-20-28-26-12-6-4-10-24(26)25-11-5-7-13-27(25)28/h1-17,28-29H,18-20H2,(H,33,37)(H,34,38)(H,35,36). The highest BCUT2D eigenvalue weighted by Gasteiger charge is 2.30. The number of ether oxygens (including phenoxy) is 1. The Labute approximate surface area is 226 Å². The van der Waals surface area contributed by atoms with Crippen molar-refractivity contribution in [2.45, 2.75) is 24.8 Å². The molecule has 4 aromatic carbocycles. The number of hydrogen-bond acceptors (Lipinski definition) is 4. The van der Waals surface area contributed by atoms with Crippen LogP contribution in [0.25, 0.3) is 11.1 Å². The molecule has 0 fully saturated rings. The van der Waals surface area contributed by atoms with E-state index in [4.69, 9.17) is 9.84 Å². The molecular formula is C32H28N2O5. The quantitative estimate of drug-likeness (QED) is 0.274.